The van der Waals surface area contributed by atoms with Crippen LogP contribution in [0.25, 0.3) is 0 Å². The zero-order valence-corrected chi connectivity index (χ0v) is 12.7. The van der Waals surface area contributed by atoms with Gasteiger partial charge in [0.25, 0.3) is 0 Å². The summed E-state index contributed by atoms with van der Waals surface area (Å²) in [4.78, 5) is 4.87. The lowest BCUT2D eigenvalue weighted by molar-refractivity contribution is 0.125. The number of hydrogen-bond donors (Lipinski definition) is 1. The molecule has 1 aromatic rings. The molecule has 0 aliphatic carbocycles. The van der Waals surface area contributed by atoms with Crippen molar-refractivity contribution in [3.63, 3.8) is 0 Å². The quantitative estimate of drug-likeness (QED) is 0.898. The molecule has 0 aromatic heterocycles. The van der Waals surface area contributed by atoms with Gasteiger partial charge in [-0.3, -0.25) is 4.90 Å². The van der Waals surface area contributed by atoms with Gasteiger partial charge in [0.05, 0.1) is 0 Å². The van der Waals surface area contributed by atoms with Crippen molar-refractivity contribution in [2.45, 2.75) is 38.4 Å². The van der Waals surface area contributed by atoms with Crippen molar-refractivity contribution < 1.29 is 0 Å². The van der Waals surface area contributed by atoms with Gasteiger partial charge in [0, 0.05) is 31.2 Å². The third kappa shape index (κ3) is 2.83. The number of nitrogens with two attached hydrogens (primary N) is 1. The molecule has 2 N–H and O–H groups in total. The normalized spacial score (nSPS) is 28.2. The molecule has 2 unspecified atom stereocenters. The number of aryl methyl sites for hydroxylation is 1. The zero-order valence-electron chi connectivity index (χ0n) is 12.7. The molecular weight excluding hydrogens is 234 g/mol. The second-order valence-corrected chi connectivity index (χ2v) is 6.18. The van der Waals surface area contributed by atoms with Gasteiger partial charge in [0.1, 0.15) is 0 Å². The van der Waals surface area contributed by atoms with Crippen LogP contribution in [0.15, 0.2) is 24.3 Å². The van der Waals surface area contributed by atoms with Crippen LogP contribution in [0.1, 0.15) is 24.5 Å². The van der Waals surface area contributed by atoms with E-state index in [-0.39, 0.29) is 5.54 Å². The highest BCUT2D eigenvalue weighted by Gasteiger charge is 2.42. The molecule has 1 aliphatic rings. The smallest absolute Gasteiger partial charge is 0.0473 e. The van der Waals surface area contributed by atoms with Gasteiger partial charge in [-0.2, -0.15) is 0 Å². The maximum absolute atomic E-state index is 6.12. The lowest BCUT2D eigenvalue weighted by atomic mass is 9.93. The lowest BCUT2D eigenvalue weighted by Crippen LogP contribution is -2.53. The van der Waals surface area contributed by atoms with Crippen molar-refractivity contribution in [2.24, 2.45) is 5.73 Å². The fourth-order valence-electron chi connectivity index (χ4n) is 3.18. The second kappa shape index (κ2) is 5.61. The van der Waals surface area contributed by atoms with Gasteiger partial charge in [0.15, 0.2) is 0 Å². The predicted molar refractivity (Wildman–Crippen MR) is 81.1 cm³/mol. The first kappa shape index (κ1) is 14.5. The molecule has 0 bridgehead atoms. The van der Waals surface area contributed by atoms with Crippen LogP contribution in [0.3, 0.4) is 0 Å². The third-order valence-corrected chi connectivity index (χ3v) is 4.83. The maximum atomic E-state index is 6.12. The van der Waals surface area contributed by atoms with E-state index in [0.717, 1.165) is 26.1 Å². The number of rotatable bonds is 4. The van der Waals surface area contributed by atoms with E-state index in [1.807, 2.05) is 0 Å². The van der Waals surface area contributed by atoms with Crippen molar-refractivity contribution in [1.29, 1.82) is 0 Å². The Balaban J connectivity index is 2.14. The van der Waals surface area contributed by atoms with E-state index in [0.29, 0.717) is 6.04 Å². The number of likely N-dealkylation sites (N-methyl/N-ethyl adjacent to an activating group) is 2. The van der Waals surface area contributed by atoms with Gasteiger partial charge in [-0.1, -0.05) is 24.3 Å². The first-order chi connectivity index (χ1) is 8.98. The van der Waals surface area contributed by atoms with E-state index in [4.69, 9.17) is 5.73 Å². The van der Waals surface area contributed by atoms with Crippen LogP contribution >= 0.6 is 0 Å². The molecule has 0 radical (unpaired) electrons. The highest BCUT2D eigenvalue weighted by Crippen LogP contribution is 2.31. The maximum Gasteiger partial charge on any atom is 0.0473 e. The molecular formula is C16H27N3. The summed E-state index contributed by atoms with van der Waals surface area (Å²) in [5.74, 6) is 0. The van der Waals surface area contributed by atoms with Gasteiger partial charge in [0.2, 0.25) is 0 Å². The predicted octanol–water partition coefficient (Wildman–Crippen LogP) is 1.85. The van der Waals surface area contributed by atoms with Crippen molar-refractivity contribution in [1.82, 2.24) is 9.80 Å². The molecule has 0 spiro atoms. The van der Waals surface area contributed by atoms with Crippen LogP contribution in [0.2, 0.25) is 0 Å². The molecule has 1 heterocycles. The molecule has 1 fully saturated rings. The highest BCUT2D eigenvalue weighted by atomic mass is 15.3. The van der Waals surface area contributed by atoms with Gasteiger partial charge < -0.3 is 10.6 Å². The van der Waals surface area contributed by atoms with Crippen molar-refractivity contribution in [2.75, 3.05) is 27.2 Å². The molecule has 0 amide bonds. The molecule has 106 valence electrons. The van der Waals surface area contributed by atoms with Crippen molar-refractivity contribution in [3.05, 3.63) is 35.4 Å². The Labute approximate surface area is 117 Å². The first-order valence-electron chi connectivity index (χ1n) is 7.14. The highest BCUT2D eigenvalue weighted by molar-refractivity contribution is 5.25. The van der Waals surface area contributed by atoms with Crippen molar-refractivity contribution in [3.8, 4) is 0 Å². The molecule has 3 heteroatoms. The summed E-state index contributed by atoms with van der Waals surface area (Å²) < 4.78 is 0. The summed E-state index contributed by atoms with van der Waals surface area (Å²) in [5, 5.41) is 0. The largest absolute Gasteiger partial charge is 0.329 e. The molecule has 1 aliphatic heterocycles. The number of likely N-dealkylation sites (tertiary alicyclic amines) is 1. The molecule has 0 saturated carbocycles. The van der Waals surface area contributed by atoms with E-state index in [1.165, 1.54) is 11.1 Å². The Morgan fingerprint density at radius 2 is 2.11 bits per heavy atom. The van der Waals surface area contributed by atoms with Gasteiger partial charge in [-0.05, 0) is 45.5 Å². The van der Waals surface area contributed by atoms with Crippen molar-refractivity contribution >= 4 is 0 Å². The summed E-state index contributed by atoms with van der Waals surface area (Å²) in [5.41, 5.74) is 9.00. The molecule has 1 aromatic carbocycles. The first-order valence-corrected chi connectivity index (χ1v) is 7.14. The van der Waals surface area contributed by atoms with Crippen LogP contribution in [-0.2, 0) is 6.54 Å². The molecule has 19 heavy (non-hydrogen) atoms. The van der Waals surface area contributed by atoms with Gasteiger partial charge in [-0.15, -0.1) is 0 Å². The Hall–Kier alpha value is -0.900. The summed E-state index contributed by atoms with van der Waals surface area (Å²) in [6, 6.07) is 9.24. The minimum atomic E-state index is 0.121. The Kier molecular flexibility index (Phi) is 4.29. The van der Waals surface area contributed by atoms with E-state index >= 15 is 0 Å². The van der Waals surface area contributed by atoms with Crippen LogP contribution in [0.5, 0.6) is 0 Å². The SMILES string of the molecule is Cc1ccccc1CN(C)C1(CN)CC(C)N(C)C1. The van der Waals surface area contributed by atoms with Crippen LogP contribution in [-0.4, -0.2) is 48.6 Å². The van der Waals surface area contributed by atoms with E-state index in [9.17, 15) is 0 Å². The standard InChI is InChI=1S/C16H27N3/c1-13-7-5-6-8-15(13)10-19(4)16(11-17)9-14(2)18(3)12-16/h5-8,14H,9-12,17H2,1-4H3. The summed E-state index contributed by atoms with van der Waals surface area (Å²) in [6.45, 7) is 7.24. The van der Waals surface area contributed by atoms with Gasteiger partial charge >= 0.3 is 0 Å². The van der Waals surface area contributed by atoms with E-state index < -0.39 is 0 Å². The zero-order chi connectivity index (χ0) is 14.0. The van der Waals surface area contributed by atoms with Crippen LogP contribution in [0.4, 0.5) is 0 Å². The minimum Gasteiger partial charge on any atom is -0.329 e. The van der Waals surface area contributed by atoms with E-state index in [1.54, 1.807) is 0 Å². The molecule has 2 atom stereocenters. The fourth-order valence-corrected chi connectivity index (χ4v) is 3.18. The molecule has 3 nitrogen and oxygen atoms in total. The summed E-state index contributed by atoms with van der Waals surface area (Å²) >= 11 is 0. The average molecular weight is 261 g/mol. The summed E-state index contributed by atoms with van der Waals surface area (Å²) in [6.07, 6.45) is 1.16. The Morgan fingerprint density at radius 1 is 1.42 bits per heavy atom. The molecule has 2 rings (SSSR count). The topological polar surface area (TPSA) is 32.5 Å². The second-order valence-electron chi connectivity index (χ2n) is 6.18. The van der Waals surface area contributed by atoms with Gasteiger partial charge in [-0.25, -0.2) is 0 Å². The number of hydrogen-bond acceptors (Lipinski definition) is 3. The van der Waals surface area contributed by atoms with Crippen LogP contribution in [0, 0.1) is 6.92 Å². The average Bonchev–Trinajstić information content (AvgIpc) is 2.69. The van der Waals surface area contributed by atoms with E-state index in [2.05, 4.69) is 62.0 Å². The monoisotopic (exact) mass is 261 g/mol. The fraction of sp³-hybridized carbons (Fsp3) is 0.625. The summed E-state index contributed by atoms with van der Waals surface area (Å²) in [7, 11) is 4.41. The number of nitrogens with zero attached hydrogens (tertiary/aromatic N) is 2. The lowest BCUT2D eigenvalue weighted by Gasteiger charge is -2.38. The Morgan fingerprint density at radius 3 is 2.63 bits per heavy atom. The minimum absolute atomic E-state index is 0.121. The third-order valence-electron chi connectivity index (χ3n) is 4.83. The molecule has 1 saturated heterocycles. The van der Waals surface area contributed by atoms with Crippen LogP contribution < -0.4 is 5.73 Å². The Bertz CT molecular complexity index is 420. The number of benzene rings is 1.